The molecular formula is C13H20N2O. The maximum atomic E-state index is 5.34. The van der Waals surface area contributed by atoms with Gasteiger partial charge in [0.2, 0.25) is 0 Å². The Morgan fingerprint density at radius 2 is 2.06 bits per heavy atom. The minimum absolute atomic E-state index is 0.360. The number of hydrogen-bond acceptors (Lipinski definition) is 3. The van der Waals surface area contributed by atoms with Gasteiger partial charge in [-0.25, -0.2) is 0 Å². The second kappa shape index (κ2) is 5.43. The first kappa shape index (κ1) is 11.6. The van der Waals surface area contributed by atoms with Crippen molar-refractivity contribution in [3.8, 4) is 0 Å². The maximum absolute atomic E-state index is 5.34. The predicted molar refractivity (Wildman–Crippen MR) is 65.5 cm³/mol. The third-order valence-electron chi connectivity index (χ3n) is 3.34. The number of benzene rings is 1. The molecule has 0 amide bonds. The fourth-order valence-corrected chi connectivity index (χ4v) is 2.10. The summed E-state index contributed by atoms with van der Waals surface area (Å²) in [6.45, 7) is 2.92. The average molecular weight is 220 g/mol. The molecule has 0 radical (unpaired) electrons. The molecule has 0 spiro atoms. The second-order valence-corrected chi connectivity index (χ2v) is 4.36. The second-order valence-electron chi connectivity index (χ2n) is 4.36. The van der Waals surface area contributed by atoms with Crippen LogP contribution < -0.4 is 5.32 Å². The molecule has 0 aromatic heterocycles. The number of likely N-dealkylation sites (N-methyl/N-ethyl adjacent to an activating group) is 1. The van der Waals surface area contributed by atoms with E-state index < -0.39 is 0 Å². The molecule has 1 aliphatic rings. The molecule has 2 rings (SSSR count). The standard InChI is InChI=1S/C13H20N2O/c1-15(12-8-14-9-12)13(10-16-2)11-6-4-3-5-7-11/h3-7,12-14H,8-10H2,1-2H3. The monoisotopic (exact) mass is 220 g/mol. The zero-order valence-corrected chi connectivity index (χ0v) is 10.0. The average Bonchev–Trinajstić information content (AvgIpc) is 2.24. The molecule has 1 aromatic rings. The topological polar surface area (TPSA) is 24.5 Å². The summed E-state index contributed by atoms with van der Waals surface area (Å²) in [6, 6.07) is 11.6. The van der Waals surface area contributed by atoms with Crippen molar-refractivity contribution in [1.29, 1.82) is 0 Å². The maximum Gasteiger partial charge on any atom is 0.0659 e. The summed E-state index contributed by atoms with van der Waals surface area (Å²) in [6.07, 6.45) is 0. The number of rotatable bonds is 5. The van der Waals surface area contributed by atoms with Crippen molar-refractivity contribution in [3.63, 3.8) is 0 Å². The fraction of sp³-hybridized carbons (Fsp3) is 0.538. The summed E-state index contributed by atoms with van der Waals surface area (Å²) in [4.78, 5) is 2.41. The minimum Gasteiger partial charge on any atom is -0.383 e. The van der Waals surface area contributed by atoms with E-state index >= 15 is 0 Å². The Morgan fingerprint density at radius 3 is 2.56 bits per heavy atom. The quantitative estimate of drug-likeness (QED) is 0.809. The molecule has 1 N–H and O–H groups in total. The van der Waals surface area contributed by atoms with Crippen molar-refractivity contribution < 1.29 is 4.74 Å². The van der Waals surface area contributed by atoms with Crippen LogP contribution in [0.15, 0.2) is 30.3 Å². The Labute approximate surface area is 97.4 Å². The number of nitrogens with zero attached hydrogens (tertiary/aromatic N) is 1. The van der Waals surface area contributed by atoms with Crippen molar-refractivity contribution in [3.05, 3.63) is 35.9 Å². The van der Waals surface area contributed by atoms with Crippen LogP contribution in [-0.4, -0.2) is 44.8 Å². The SMILES string of the molecule is COCC(c1ccccc1)N(C)C1CNC1. The van der Waals surface area contributed by atoms with Crippen molar-refractivity contribution in [2.24, 2.45) is 0 Å². The molecule has 1 fully saturated rings. The molecule has 1 saturated heterocycles. The summed E-state index contributed by atoms with van der Waals surface area (Å²) < 4.78 is 5.34. The van der Waals surface area contributed by atoms with Crippen LogP contribution in [0.4, 0.5) is 0 Å². The number of ether oxygens (including phenoxy) is 1. The molecular weight excluding hydrogens is 200 g/mol. The van der Waals surface area contributed by atoms with Gasteiger partial charge in [0.25, 0.3) is 0 Å². The molecule has 88 valence electrons. The van der Waals surface area contributed by atoms with E-state index in [0.717, 1.165) is 19.7 Å². The van der Waals surface area contributed by atoms with E-state index in [-0.39, 0.29) is 0 Å². The van der Waals surface area contributed by atoms with E-state index in [2.05, 4.69) is 47.6 Å². The highest BCUT2D eigenvalue weighted by atomic mass is 16.5. The van der Waals surface area contributed by atoms with Crippen LogP contribution in [0.3, 0.4) is 0 Å². The van der Waals surface area contributed by atoms with Gasteiger partial charge >= 0.3 is 0 Å². The van der Waals surface area contributed by atoms with Gasteiger partial charge in [-0.1, -0.05) is 30.3 Å². The molecule has 0 bridgehead atoms. The van der Waals surface area contributed by atoms with Crippen LogP contribution in [0.5, 0.6) is 0 Å². The summed E-state index contributed by atoms with van der Waals surface area (Å²) in [5.41, 5.74) is 1.33. The van der Waals surface area contributed by atoms with Gasteiger partial charge < -0.3 is 10.1 Å². The number of nitrogens with one attached hydrogen (secondary N) is 1. The lowest BCUT2D eigenvalue weighted by Crippen LogP contribution is -2.57. The third-order valence-corrected chi connectivity index (χ3v) is 3.34. The van der Waals surface area contributed by atoms with E-state index in [9.17, 15) is 0 Å². The molecule has 1 heterocycles. The Bertz CT molecular complexity index is 311. The van der Waals surface area contributed by atoms with Crippen molar-refractivity contribution in [2.45, 2.75) is 12.1 Å². The zero-order valence-electron chi connectivity index (χ0n) is 10.0. The first-order chi connectivity index (χ1) is 7.83. The smallest absolute Gasteiger partial charge is 0.0659 e. The van der Waals surface area contributed by atoms with Crippen LogP contribution in [-0.2, 0) is 4.74 Å². The first-order valence-corrected chi connectivity index (χ1v) is 5.79. The van der Waals surface area contributed by atoms with Crippen LogP contribution in [0, 0.1) is 0 Å². The third kappa shape index (κ3) is 2.43. The molecule has 3 heteroatoms. The van der Waals surface area contributed by atoms with Gasteiger partial charge in [0.05, 0.1) is 12.6 Å². The van der Waals surface area contributed by atoms with E-state index in [1.54, 1.807) is 7.11 Å². The Balaban J connectivity index is 2.09. The molecule has 1 aromatic carbocycles. The van der Waals surface area contributed by atoms with Crippen molar-refractivity contribution in [1.82, 2.24) is 10.2 Å². The van der Waals surface area contributed by atoms with Gasteiger partial charge in [0.15, 0.2) is 0 Å². The van der Waals surface area contributed by atoms with Gasteiger partial charge in [-0.05, 0) is 12.6 Å². The van der Waals surface area contributed by atoms with Gasteiger partial charge in [-0.15, -0.1) is 0 Å². The summed E-state index contributed by atoms with van der Waals surface area (Å²) >= 11 is 0. The van der Waals surface area contributed by atoms with Crippen LogP contribution in [0.25, 0.3) is 0 Å². The van der Waals surface area contributed by atoms with Crippen LogP contribution in [0.1, 0.15) is 11.6 Å². The van der Waals surface area contributed by atoms with Gasteiger partial charge in [0.1, 0.15) is 0 Å². The van der Waals surface area contributed by atoms with Crippen LogP contribution in [0.2, 0.25) is 0 Å². The molecule has 1 atom stereocenters. The highest BCUT2D eigenvalue weighted by Gasteiger charge is 2.27. The number of hydrogen-bond donors (Lipinski definition) is 1. The lowest BCUT2D eigenvalue weighted by atomic mass is 10.0. The summed E-state index contributed by atoms with van der Waals surface area (Å²) in [5.74, 6) is 0. The Kier molecular flexibility index (Phi) is 3.93. The Hall–Kier alpha value is -0.900. The molecule has 16 heavy (non-hydrogen) atoms. The van der Waals surface area contributed by atoms with Gasteiger partial charge in [-0.3, -0.25) is 4.90 Å². The molecule has 1 unspecified atom stereocenters. The van der Waals surface area contributed by atoms with Crippen molar-refractivity contribution >= 4 is 0 Å². The summed E-state index contributed by atoms with van der Waals surface area (Å²) in [7, 11) is 3.95. The zero-order chi connectivity index (χ0) is 11.4. The molecule has 0 aliphatic carbocycles. The predicted octanol–water partition coefficient (Wildman–Crippen LogP) is 1.28. The number of methoxy groups -OCH3 is 1. The van der Waals surface area contributed by atoms with Crippen LogP contribution >= 0.6 is 0 Å². The van der Waals surface area contributed by atoms with E-state index in [4.69, 9.17) is 4.74 Å². The minimum atomic E-state index is 0.360. The van der Waals surface area contributed by atoms with E-state index in [0.29, 0.717) is 12.1 Å². The largest absolute Gasteiger partial charge is 0.383 e. The fourth-order valence-electron chi connectivity index (χ4n) is 2.10. The normalized spacial score (nSPS) is 18.4. The molecule has 3 nitrogen and oxygen atoms in total. The Morgan fingerprint density at radius 1 is 1.38 bits per heavy atom. The van der Waals surface area contributed by atoms with Crippen molar-refractivity contribution in [2.75, 3.05) is 33.9 Å². The van der Waals surface area contributed by atoms with E-state index in [1.165, 1.54) is 5.56 Å². The van der Waals surface area contributed by atoms with Gasteiger partial charge in [0, 0.05) is 26.2 Å². The highest BCUT2D eigenvalue weighted by Crippen LogP contribution is 2.22. The first-order valence-electron chi connectivity index (χ1n) is 5.79. The van der Waals surface area contributed by atoms with Gasteiger partial charge in [-0.2, -0.15) is 0 Å². The van der Waals surface area contributed by atoms with E-state index in [1.807, 2.05) is 0 Å². The highest BCUT2D eigenvalue weighted by molar-refractivity contribution is 5.19. The molecule has 0 saturated carbocycles. The lowest BCUT2D eigenvalue weighted by Gasteiger charge is -2.40. The molecule has 1 aliphatic heterocycles. The lowest BCUT2D eigenvalue weighted by molar-refractivity contribution is 0.0612. The summed E-state index contributed by atoms with van der Waals surface area (Å²) in [5, 5.41) is 3.31.